The molecule has 4 aliphatic heterocycles. The number of benzene rings is 1. The number of piperidine rings is 2. The minimum atomic E-state index is -4.70. The maximum atomic E-state index is 13.9. The number of hydrogen-bond acceptors (Lipinski definition) is 7. The molecule has 1 aromatic carbocycles. The first kappa shape index (κ1) is 32.9. The van der Waals surface area contributed by atoms with Crippen molar-refractivity contribution in [1.82, 2.24) is 19.6 Å². The van der Waals surface area contributed by atoms with Gasteiger partial charge in [-0.15, -0.1) is 11.3 Å². The number of nitrogen functional groups attached to an aromatic ring is 1. The summed E-state index contributed by atoms with van der Waals surface area (Å²) in [5.74, 6) is -0.415. The lowest BCUT2D eigenvalue weighted by Gasteiger charge is -2.40. The maximum absolute atomic E-state index is 13.9. The van der Waals surface area contributed by atoms with Gasteiger partial charge in [-0.05, 0) is 96.7 Å². The summed E-state index contributed by atoms with van der Waals surface area (Å²) < 4.78 is 47.2. The number of halogens is 4. The number of rotatable bonds is 6. The summed E-state index contributed by atoms with van der Waals surface area (Å²) in [7, 11) is 0. The molecule has 0 saturated carbocycles. The molecule has 0 aliphatic carbocycles. The third kappa shape index (κ3) is 7.10. The first-order chi connectivity index (χ1) is 22.0. The summed E-state index contributed by atoms with van der Waals surface area (Å²) in [6.45, 7) is 4.24. The molecule has 1 aromatic heterocycles. The summed E-state index contributed by atoms with van der Waals surface area (Å²) in [5, 5.41) is 4.86. The van der Waals surface area contributed by atoms with Crippen molar-refractivity contribution in [3.63, 3.8) is 0 Å². The second-order valence-electron chi connectivity index (χ2n) is 12.4. The Morgan fingerprint density at radius 1 is 1.02 bits per heavy atom. The van der Waals surface area contributed by atoms with Crippen LogP contribution in [0.2, 0.25) is 0 Å². The van der Waals surface area contributed by atoms with Crippen LogP contribution in [0.5, 0.6) is 0 Å². The molecular weight excluding hydrogens is 689 g/mol. The van der Waals surface area contributed by atoms with E-state index in [0.29, 0.717) is 51.6 Å². The molecule has 0 bridgehead atoms. The third-order valence-electron chi connectivity index (χ3n) is 9.59. The normalized spacial score (nSPS) is 20.9. The van der Waals surface area contributed by atoms with Gasteiger partial charge >= 0.3 is 18.3 Å². The van der Waals surface area contributed by atoms with E-state index in [1.165, 1.54) is 23.8 Å². The number of anilines is 2. The van der Waals surface area contributed by atoms with E-state index in [1.54, 1.807) is 21.1 Å². The predicted molar refractivity (Wildman–Crippen MR) is 171 cm³/mol. The van der Waals surface area contributed by atoms with Crippen molar-refractivity contribution in [3.05, 3.63) is 44.1 Å². The molecule has 3 fully saturated rings. The van der Waals surface area contributed by atoms with E-state index in [4.69, 9.17) is 10.5 Å². The van der Waals surface area contributed by atoms with Gasteiger partial charge in [-0.3, -0.25) is 4.79 Å². The predicted octanol–water partition coefficient (Wildman–Crippen LogP) is 5.76. The van der Waals surface area contributed by atoms with Crippen LogP contribution in [-0.4, -0.2) is 95.1 Å². The highest BCUT2D eigenvalue weighted by molar-refractivity contribution is 9.10. The number of amides is 4. The van der Waals surface area contributed by atoms with Gasteiger partial charge < -0.3 is 35.4 Å². The van der Waals surface area contributed by atoms with Crippen molar-refractivity contribution in [2.75, 3.05) is 50.3 Å². The second kappa shape index (κ2) is 13.6. The summed E-state index contributed by atoms with van der Waals surface area (Å²) in [6.07, 6.45) is -1.93. The highest BCUT2D eigenvalue weighted by atomic mass is 79.9. The van der Waals surface area contributed by atoms with Gasteiger partial charge in [0.2, 0.25) is 0 Å². The zero-order valence-electron chi connectivity index (χ0n) is 25.4. The summed E-state index contributed by atoms with van der Waals surface area (Å²) >= 11 is 4.70. The van der Waals surface area contributed by atoms with Gasteiger partial charge in [-0.2, -0.15) is 13.2 Å². The number of thiophene rings is 1. The van der Waals surface area contributed by atoms with Gasteiger partial charge in [0.25, 0.3) is 5.91 Å². The molecule has 5 heterocycles. The Labute approximate surface area is 278 Å². The van der Waals surface area contributed by atoms with Gasteiger partial charge in [0, 0.05) is 54.0 Å². The zero-order chi connectivity index (χ0) is 32.6. The number of alkyl halides is 3. The Hall–Kier alpha value is -3.04. The first-order valence-electron chi connectivity index (χ1n) is 15.8. The minimum Gasteiger partial charge on any atom is -0.436 e. The molecule has 0 spiro atoms. The molecule has 3 N–H and O–H groups in total. The fourth-order valence-electron chi connectivity index (χ4n) is 7.02. The molecule has 4 aliphatic rings. The number of fused-ring (bicyclic) bond motifs is 1. The highest BCUT2D eigenvalue weighted by Gasteiger charge is 2.38. The monoisotopic (exact) mass is 726 g/mol. The Kier molecular flexibility index (Phi) is 9.72. The van der Waals surface area contributed by atoms with E-state index in [-0.39, 0.29) is 28.5 Å². The average Bonchev–Trinajstić information content (AvgIpc) is 3.74. The van der Waals surface area contributed by atoms with Gasteiger partial charge in [0.05, 0.1) is 23.5 Å². The van der Waals surface area contributed by atoms with Crippen molar-refractivity contribution >= 4 is 56.7 Å². The van der Waals surface area contributed by atoms with Crippen molar-refractivity contribution < 1.29 is 32.3 Å². The molecule has 4 amide bonds. The molecule has 46 heavy (non-hydrogen) atoms. The number of ether oxygens (including phenoxy) is 1. The standard InChI is InChI=1S/C31H38BrF3N6O4S/c32-23-16-19(15-22(27(23)36)31(33,34)35)17-25(28(42)39-10-3-20(4-11-39)38-8-1-2-9-38)45-30(44)40-12-5-21(6-13-40)41-18-26-24(7-14-46-26)37-29(41)43/h7,14-16,20-21,25H,1-6,8-13,17-18,36H2,(H,37,43)/t25-/m1/s1. The van der Waals surface area contributed by atoms with Gasteiger partial charge in [-0.25, -0.2) is 9.59 Å². The lowest BCUT2D eigenvalue weighted by atomic mass is 10.00. The van der Waals surface area contributed by atoms with Crippen LogP contribution in [0.25, 0.3) is 0 Å². The Morgan fingerprint density at radius 3 is 2.35 bits per heavy atom. The molecule has 0 unspecified atom stereocenters. The number of likely N-dealkylation sites (tertiary alicyclic amines) is 3. The lowest BCUT2D eigenvalue weighted by molar-refractivity contribution is -0.142. The van der Waals surface area contributed by atoms with Gasteiger partial charge in [0.15, 0.2) is 6.10 Å². The van der Waals surface area contributed by atoms with Crippen molar-refractivity contribution in [2.24, 2.45) is 0 Å². The van der Waals surface area contributed by atoms with E-state index in [2.05, 4.69) is 26.1 Å². The number of nitrogens with zero attached hydrogens (tertiary/aromatic N) is 4. The lowest BCUT2D eigenvalue weighted by Crippen LogP contribution is -2.52. The number of nitrogens with one attached hydrogen (secondary N) is 1. The summed E-state index contributed by atoms with van der Waals surface area (Å²) in [5.41, 5.74) is 5.26. The number of hydrogen-bond donors (Lipinski definition) is 2. The van der Waals surface area contributed by atoms with E-state index in [9.17, 15) is 27.6 Å². The molecule has 3 saturated heterocycles. The number of carbonyl (C=O) groups excluding carboxylic acids is 3. The fraction of sp³-hybridized carbons (Fsp3) is 0.581. The number of nitrogens with two attached hydrogens (primary N) is 1. The van der Waals surface area contributed by atoms with E-state index in [0.717, 1.165) is 42.6 Å². The van der Waals surface area contributed by atoms with Crippen LogP contribution in [0, 0.1) is 0 Å². The van der Waals surface area contributed by atoms with Crippen LogP contribution in [0.4, 0.5) is 34.1 Å². The van der Waals surface area contributed by atoms with Crippen molar-refractivity contribution in [2.45, 2.75) is 75.9 Å². The number of carbonyl (C=O) groups is 3. The molecule has 10 nitrogen and oxygen atoms in total. The zero-order valence-corrected chi connectivity index (χ0v) is 27.8. The van der Waals surface area contributed by atoms with Crippen LogP contribution < -0.4 is 11.1 Å². The van der Waals surface area contributed by atoms with Gasteiger partial charge in [-0.1, -0.05) is 0 Å². The van der Waals surface area contributed by atoms with E-state index >= 15 is 0 Å². The first-order valence-corrected chi connectivity index (χ1v) is 17.4. The quantitative estimate of drug-likeness (QED) is 0.367. The topological polar surface area (TPSA) is 111 Å². The Bertz CT molecular complexity index is 1450. The smallest absolute Gasteiger partial charge is 0.418 e. The molecule has 2 aromatic rings. The van der Waals surface area contributed by atoms with E-state index < -0.39 is 35.5 Å². The Morgan fingerprint density at radius 2 is 1.67 bits per heavy atom. The highest BCUT2D eigenvalue weighted by Crippen LogP contribution is 2.38. The molecule has 0 radical (unpaired) electrons. The average molecular weight is 728 g/mol. The van der Waals surface area contributed by atoms with E-state index in [1.807, 2.05) is 11.4 Å². The van der Waals surface area contributed by atoms with Crippen molar-refractivity contribution in [1.29, 1.82) is 0 Å². The van der Waals surface area contributed by atoms with Crippen LogP contribution in [0.15, 0.2) is 28.1 Å². The van der Waals surface area contributed by atoms with Crippen LogP contribution in [0.1, 0.15) is 54.5 Å². The summed E-state index contributed by atoms with van der Waals surface area (Å²) in [4.78, 5) is 48.6. The van der Waals surface area contributed by atoms with Crippen LogP contribution >= 0.6 is 27.3 Å². The number of urea groups is 1. The maximum Gasteiger partial charge on any atom is 0.418 e. The largest absolute Gasteiger partial charge is 0.436 e. The Balaban J connectivity index is 1.13. The molecule has 15 heteroatoms. The van der Waals surface area contributed by atoms with Crippen LogP contribution in [-0.2, 0) is 28.7 Å². The van der Waals surface area contributed by atoms with Crippen molar-refractivity contribution in [3.8, 4) is 0 Å². The molecule has 250 valence electrons. The fourth-order valence-corrected chi connectivity index (χ4v) is 8.36. The third-order valence-corrected chi connectivity index (χ3v) is 11.2. The van der Waals surface area contributed by atoms with Crippen LogP contribution in [0.3, 0.4) is 0 Å². The molecule has 6 rings (SSSR count). The second-order valence-corrected chi connectivity index (χ2v) is 14.3. The molecule has 1 atom stereocenters. The molecular formula is C31H38BrF3N6O4S. The summed E-state index contributed by atoms with van der Waals surface area (Å²) in [6, 6.07) is 4.40. The SMILES string of the molecule is Nc1c(Br)cc(C[C@@H](OC(=O)N2CCC(N3Cc4sccc4NC3=O)CC2)C(=O)N2CCC(N3CCCC3)CC2)cc1C(F)(F)F. The van der Waals surface area contributed by atoms with Gasteiger partial charge in [0.1, 0.15) is 0 Å². The minimum absolute atomic E-state index is 0.0553.